The zero-order chi connectivity index (χ0) is 15.9. The fraction of sp³-hybridized carbons (Fsp3) is 0.875. The van der Waals surface area contributed by atoms with Crippen molar-refractivity contribution in [3.8, 4) is 0 Å². The smallest absolute Gasteiger partial charge is 0.222 e. The highest BCUT2D eigenvalue weighted by Crippen LogP contribution is 2.15. The molecule has 23 heavy (non-hydrogen) atoms. The Morgan fingerprint density at radius 1 is 1.22 bits per heavy atom. The molecule has 2 aliphatic heterocycles. The molecule has 0 aliphatic carbocycles. The first-order valence-electron chi connectivity index (χ1n) is 8.55. The van der Waals surface area contributed by atoms with Crippen molar-refractivity contribution in [2.24, 2.45) is 10.9 Å². The van der Waals surface area contributed by atoms with Gasteiger partial charge in [0, 0.05) is 39.1 Å². The predicted octanol–water partition coefficient (Wildman–Crippen LogP) is 1.12. The van der Waals surface area contributed by atoms with Crippen LogP contribution < -0.4 is 10.6 Å². The van der Waals surface area contributed by atoms with Crippen molar-refractivity contribution in [3.63, 3.8) is 0 Å². The van der Waals surface area contributed by atoms with Crippen molar-refractivity contribution in [1.82, 2.24) is 20.4 Å². The molecular weight excluding hydrogens is 405 g/mol. The van der Waals surface area contributed by atoms with Gasteiger partial charge in [-0.15, -0.1) is 24.0 Å². The molecule has 2 heterocycles. The SMILES string of the molecule is CCC(=O)N1CCC(NC(=NC)NCC2CCN(C)CC2)C1.I. The largest absolute Gasteiger partial charge is 0.356 e. The van der Waals surface area contributed by atoms with Gasteiger partial charge in [0.05, 0.1) is 0 Å². The zero-order valence-electron chi connectivity index (χ0n) is 14.7. The Morgan fingerprint density at radius 3 is 2.52 bits per heavy atom. The second kappa shape index (κ2) is 10.3. The Kier molecular flexibility index (Phi) is 9.19. The summed E-state index contributed by atoms with van der Waals surface area (Å²) in [7, 11) is 4.00. The van der Waals surface area contributed by atoms with E-state index in [1.54, 1.807) is 0 Å². The Balaban J connectivity index is 0.00000264. The van der Waals surface area contributed by atoms with Crippen LogP contribution in [0, 0.1) is 5.92 Å². The summed E-state index contributed by atoms with van der Waals surface area (Å²) in [6, 6.07) is 0.319. The summed E-state index contributed by atoms with van der Waals surface area (Å²) in [4.78, 5) is 20.4. The third-order valence-corrected chi connectivity index (χ3v) is 4.80. The van der Waals surface area contributed by atoms with Gasteiger partial charge in [-0.3, -0.25) is 9.79 Å². The monoisotopic (exact) mass is 437 g/mol. The van der Waals surface area contributed by atoms with E-state index in [0.717, 1.165) is 37.9 Å². The molecule has 0 spiro atoms. The number of aliphatic imine (C=N–C) groups is 1. The summed E-state index contributed by atoms with van der Waals surface area (Å²) in [5.74, 6) is 1.85. The second-order valence-corrected chi connectivity index (χ2v) is 6.52. The third-order valence-electron chi connectivity index (χ3n) is 4.80. The van der Waals surface area contributed by atoms with E-state index in [4.69, 9.17) is 0 Å². The van der Waals surface area contributed by atoms with Crippen LogP contribution in [0.2, 0.25) is 0 Å². The van der Waals surface area contributed by atoms with Gasteiger partial charge in [0.15, 0.2) is 5.96 Å². The number of nitrogens with one attached hydrogen (secondary N) is 2. The van der Waals surface area contributed by atoms with Gasteiger partial charge in [-0.1, -0.05) is 6.92 Å². The molecule has 1 amide bonds. The maximum Gasteiger partial charge on any atom is 0.222 e. The number of rotatable bonds is 4. The number of piperidine rings is 1. The fourth-order valence-corrected chi connectivity index (χ4v) is 3.22. The predicted molar refractivity (Wildman–Crippen MR) is 105 cm³/mol. The molecule has 0 aromatic rings. The number of halogens is 1. The lowest BCUT2D eigenvalue weighted by atomic mass is 9.97. The zero-order valence-corrected chi connectivity index (χ0v) is 17.0. The number of nitrogens with zero attached hydrogens (tertiary/aromatic N) is 3. The lowest BCUT2D eigenvalue weighted by Crippen LogP contribution is -2.47. The topological polar surface area (TPSA) is 60.0 Å². The average Bonchev–Trinajstić information content (AvgIpc) is 3.00. The minimum atomic E-state index is 0. The number of amides is 1. The quantitative estimate of drug-likeness (QED) is 0.393. The van der Waals surface area contributed by atoms with E-state index in [2.05, 4.69) is 27.6 Å². The Bertz CT molecular complexity index is 396. The third kappa shape index (κ3) is 6.45. The lowest BCUT2D eigenvalue weighted by molar-refractivity contribution is -0.129. The second-order valence-electron chi connectivity index (χ2n) is 6.52. The van der Waals surface area contributed by atoms with Crippen LogP contribution in [0.25, 0.3) is 0 Å². The van der Waals surface area contributed by atoms with E-state index < -0.39 is 0 Å². The lowest BCUT2D eigenvalue weighted by Gasteiger charge is -2.29. The molecule has 1 atom stereocenters. The first-order chi connectivity index (χ1) is 10.6. The van der Waals surface area contributed by atoms with Crippen LogP contribution >= 0.6 is 24.0 Å². The Hall–Kier alpha value is -0.570. The highest BCUT2D eigenvalue weighted by Gasteiger charge is 2.26. The van der Waals surface area contributed by atoms with Crippen LogP contribution in [0.3, 0.4) is 0 Å². The molecule has 1 unspecified atom stereocenters. The van der Waals surface area contributed by atoms with Gasteiger partial charge in [0.2, 0.25) is 5.91 Å². The normalized spacial score (nSPS) is 23.5. The average molecular weight is 437 g/mol. The number of carbonyl (C=O) groups excluding carboxylic acids is 1. The Labute approximate surface area is 157 Å². The molecule has 2 fully saturated rings. The Morgan fingerprint density at radius 2 is 1.91 bits per heavy atom. The van der Waals surface area contributed by atoms with E-state index >= 15 is 0 Å². The molecule has 2 rings (SSSR count). The summed E-state index contributed by atoms with van der Waals surface area (Å²) >= 11 is 0. The molecule has 0 aromatic heterocycles. The first kappa shape index (κ1) is 20.5. The van der Waals surface area contributed by atoms with Crippen molar-refractivity contribution in [2.75, 3.05) is 46.8 Å². The van der Waals surface area contributed by atoms with Crippen LogP contribution in [-0.2, 0) is 4.79 Å². The van der Waals surface area contributed by atoms with Gasteiger partial charge in [-0.05, 0) is 45.3 Å². The van der Waals surface area contributed by atoms with E-state index in [9.17, 15) is 4.79 Å². The van der Waals surface area contributed by atoms with Crippen molar-refractivity contribution < 1.29 is 4.79 Å². The molecule has 0 bridgehead atoms. The summed E-state index contributed by atoms with van der Waals surface area (Å²) in [6.45, 7) is 6.94. The van der Waals surface area contributed by atoms with Gasteiger partial charge >= 0.3 is 0 Å². The van der Waals surface area contributed by atoms with Gasteiger partial charge in [-0.25, -0.2) is 0 Å². The summed E-state index contributed by atoms with van der Waals surface area (Å²) in [5, 5.41) is 6.91. The summed E-state index contributed by atoms with van der Waals surface area (Å²) in [6.07, 6.45) is 4.10. The van der Waals surface area contributed by atoms with Crippen LogP contribution in [0.1, 0.15) is 32.6 Å². The van der Waals surface area contributed by atoms with E-state index in [1.807, 2.05) is 18.9 Å². The van der Waals surface area contributed by atoms with Crippen molar-refractivity contribution in [2.45, 2.75) is 38.6 Å². The van der Waals surface area contributed by atoms with Crippen LogP contribution in [-0.4, -0.2) is 74.5 Å². The fourth-order valence-electron chi connectivity index (χ4n) is 3.22. The maximum absolute atomic E-state index is 11.7. The van der Waals surface area contributed by atoms with Crippen molar-refractivity contribution in [1.29, 1.82) is 0 Å². The molecule has 2 saturated heterocycles. The molecule has 134 valence electrons. The van der Waals surface area contributed by atoms with Crippen LogP contribution in [0.15, 0.2) is 4.99 Å². The van der Waals surface area contributed by atoms with Gasteiger partial charge < -0.3 is 20.4 Å². The maximum atomic E-state index is 11.7. The van der Waals surface area contributed by atoms with Gasteiger partial charge in [-0.2, -0.15) is 0 Å². The molecule has 7 heteroatoms. The summed E-state index contributed by atoms with van der Waals surface area (Å²) < 4.78 is 0. The molecule has 0 aromatic carbocycles. The van der Waals surface area contributed by atoms with Crippen LogP contribution in [0.5, 0.6) is 0 Å². The van der Waals surface area contributed by atoms with Gasteiger partial charge in [0.25, 0.3) is 0 Å². The number of guanidine groups is 1. The molecule has 6 nitrogen and oxygen atoms in total. The summed E-state index contributed by atoms with van der Waals surface area (Å²) in [5.41, 5.74) is 0. The van der Waals surface area contributed by atoms with E-state index in [1.165, 1.54) is 25.9 Å². The highest BCUT2D eigenvalue weighted by molar-refractivity contribution is 14.0. The first-order valence-corrected chi connectivity index (χ1v) is 8.55. The number of carbonyl (C=O) groups is 1. The molecular formula is C16H32IN5O. The molecule has 2 N–H and O–H groups in total. The minimum Gasteiger partial charge on any atom is -0.356 e. The molecule has 0 radical (unpaired) electrons. The minimum absolute atomic E-state index is 0. The molecule has 0 saturated carbocycles. The molecule has 2 aliphatic rings. The number of hydrogen-bond acceptors (Lipinski definition) is 3. The highest BCUT2D eigenvalue weighted by atomic mass is 127. The van der Waals surface area contributed by atoms with Gasteiger partial charge in [0.1, 0.15) is 0 Å². The van der Waals surface area contributed by atoms with E-state index in [0.29, 0.717) is 12.5 Å². The number of likely N-dealkylation sites (tertiary alicyclic amines) is 2. The van der Waals surface area contributed by atoms with Crippen molar-refractivity contribution >= 4 is 35.8 Å². The number of hydrogen-bond donors (Lipinski definition) is 2. The van der Waals surface area contributed by atoms with Crippen molar-refractivity contribution in [3.05, 3.63) is 0 Å². The standard InChI is InChI=1S/C16H31N5O.HI/c1-4-15(22)21-10-7-14(12-21)19-16(17-2)18-11-13-5-8-20(3)9-6-13;/h13-14H,4-12H2,1-3H3,(H2,17,18,19);1H. The van der Waals surface area contributed by atoms with Crippen LogP contribution in [0.4, 0.5) is 0 Å². The van der Waals surface area contributed by atoms with E-state index in [-0.39, 0.29) is 29.9 Å².